The molecule has 0 saturated carbocycles. The van der Waals surface area contributed by atoms with Crippen molar-refractivity contribution in [3.8, 4) is 5.75 Å². The van der Waals surface area contributed by atoms with Crippen LogP contribution in [-0.4, -0.2) is 31.1 Å². The lowest BCUT2D eigenvalue weighted by atomic mass is 9.87. The minimum Gasteiger partial charge on any atom is -0.493 e. The van der Waals surface area contributed by atoms with Crippen molar-refractivity contribution in [3.05, 3.63) is 28.8 Å². The predicted molar refractivity (Wildman–Crippen MR) is 79.6 cm³/mol. The fourth-order valence-electron chi connectivity index (χ4n) is 3.00. The molecule has 1 aromatic carbocycles. The van der Waals surface area contributed by atoms with Gasteiger partial charge in [-0.1, -0.05) is 19.9 Å². The van der Waals surface area contributed by atoms with E-state index >= 15 is 0 Å². The first kappa shape index (κ1) is 14.4. The van der Waals surface area contributed by atoms with Gasteiger partial charge in [0, 0.05) is 24.1 Å². The Kier molecular flexibility index (Phi) is 4.48. The van der Waals surface area contributed by atoms with Gasteiger partial charge in [0.25, 0.3) is 0 Å². The lowest BCUT2D eigenvalue weighted by Gasteiger charge is -2.35. The molecule has 1 heterocycles. The molecular weight excluding hydrogens is 236 g/mol. The van der Waals surface area contributed by atoms with Crippen molar-refractivity contribution in [1.82, 2.24) is 4.90 Å². The monoisotopic (exact) mass is 262 g/mol. The minimum atomic E-state index is 0.0879. The molecule has 3 heteroatoms. The minimum absolute atomic E-state index is 0.0879. The van der Waals surface area contributed by atoms with Crippen LogP contribution >= 0.6 is 0 Å². The molecule has 2 atom stereocenters. The largest absolute Gasteiger partial charge is 0.493 e. The predicted octanol–water partition coefficient (Wildman–Crippen LogP) is 2.65. The van der Waals surface area contributed by atoms with Gasteiger partial charge in [-0.3, -0.25) is 0 Å². The molecule has 106 valence electrons. The maximum atomic E-state index is 6.49. The standard InChI is InChI=1S/C16H26N2O/c1-5-18(6-2)9-13-10-19-14-8-11(3)7-12(4)15(14)16(13)17/h7-8,13,16H,5-6,9-10,17H2,1-4H3. The van der Waals surface area contributed by atoms with Crippen LogP contribution < -0.4 is 10.5 Å². The van der Waals surface area contributed by atoms with Crippen molar-refractivity contribution in [2.75, 3.05) is 26.2 Å². The van der Waals surface area contributed by atoms with Gasteiger partial charge in [0.2, 0.25) is 0 Å². The maximum Gasteiger partial charge on any atom is 0.124 e. The van der Waals surface area contributed by atoms with E-state index in [2.05, 4.69) is 44.7 Å². The number of aryl methyl sites for hydroxylation is 2. The average molecular weight is 262 g/mol. The molecule has 0 amide bonds. The zero-order valence-corrected chi connectivity index (χ0v) is 12.6. The Morgan fingerprint density at radius 3 is 2.58 bits per heavy atom. The Bertz CT molecular complexity index is 441. The molecule has 0 fully saturated rings. The van der Waals surface area contributed by atoms with E-state index in [0.717, 1.165) is 32.0 Å². The summed E-state index contributed by atoms with van der Waals surface area (Å²) < 4.78 is 5.95. The third-order valence-electron chi connectivity index (χ3n) is 4.17. The summed E-state index contributed by atoms with van der Waals surface area (Å²) in [4.78, 5) is 2.42. The molecule has 3 nitrogen and oxygen atoms in total. The van der Waals surface area contributed by atoms with Crippen LogP contribution in [0.5, 0.6) is 5.75 Å². The molecule has 0 radical (unpaired) electrons. The summed E-state index contributed by atoms with van der Waals surface area (Å²) >= 11 is 0. The lowest BCUT2D eigenvalue weighted by molar-refractivity contribution is 0.144. The highest BCUT2D eigenvalue weighted by atomic mass is 16.5. The van der Waals surface area contributed by atoms with Gasteiger partial charge in [-0.2, -0.15) is 0 Å². The number of nitrogens with two attached hydrogens (primary N) is 1. The van der Waals surface area contributed by atoms with E-state index in [0.29, 0.717) is 5.92 Å². The third kappa shape index (κ3) is 2.93. The number of rotatable bonds is 4. The highest BCUT2D eigenvalue weighted by molar-refractivity contribution is 5.46. The summed E-state index contributed by atoms with van der Waals surface area (Å²) in [6, 6.07) is 4.39. The smallest absolute Gasteiger partial charge is 0.124 e. The first-order chi connectivity index (χ1) is 9.06. The van der Waals surface area contributed by atoms with Crippen LogP contribution in [0.3, 0.4) is 0 Å². The van der Waals surface area contributed by atoms with Crippen LogP contribution in [0.1, 0.15) is 36.6 Å². The number of ether oxygens (including phenoxy) is 1. The van der Waals surface area contributed by atoms with Gasteiger partial charge in [-0.25, -0.2) is 0 Å². The Morgan fingerprint density at radius 2 is 1.95 bits per heavy atom. The summed E-state index contributed by atoms with van der Waals surface area (Å²) in [7, 11) is 0. The van der Waals surface area contributed by atoms with Crippen LogP contribution in [0.25, 0.3) is 0 Å². The first-order valence-electron chi connectivity index (χ1n) is 7.28. The molecule has 0 saturated heterocycles. The summed E-state index contributed by atoms with van der Waals surface area (Å²) in [5, 5.41) is 0. The van der Waals surface area contributed by atoms with Gasteiger partial charge in [0.1, 0.15) is 5.75 Å². The Labute approximate surface area is 116 Å². The van der Waals surface area contributed by atoms with E-state index < -0.39 is 0 Å². The molecule has 1 aliphatic rings. The van der Waals surface area contributed by atoms with E-state index in [1.165, 1.54) is 16.7 Å². The average Bonchev–Trinajstić information content (AvgIpc) is 2.37. The first-order valence-corrected chi connectivity index (χ1v) is 7.28. The summed E-state index contributed by atoms with van der Waals surface area (Å²) in [6.45, 7) is 12.5. The van der Waals surface area contributed by atoms with E-state index in [4.69, 9.17) is 10.5 Å². The van der Waals surface area contributed by atoms with Gasteiger partial charge in [-0.15, -0.1) is 0 Å². The molecule has 19 heavy (non-hydrogen) atoms. The number of nitrogens with zero attached hydrogens (tertiary/aromatic N) is 1. The zero-order chi connectivity index (χ0) is 14.0. The fourth-order valence-corrected chi connectivity index (χ4v) is 3.00. The second-order valence-corrected chi connectivity index (χ2v) is 5.58. The normalized spacial score (nSPS) is 22.2. The van der Waals surface area contributed by atoms with Gasteiger partial charge in [-0.05, 0) is 44.1 Å². The fraction of sp³-hybridized carbons (Fsp3) is 0.625. The Balaban J connectivity index is 2.21. The summed E-state index contributed by atoms with van der Waals surface area (Å²) in [5.41, 5.74) is 10.2. The molecule has 2 unspecified atom stereocenters. The van der Waals surface area contributed by atoms with Gasteiger partial charge < -0.3 is 15.4 Å². The third-order valence-corrected chi connectivity index (χ3v) is 4.17. The van der Waals surface area contributed by atoms with E-state index in [9.17, 15) is 0 Å². The molecule has 0 aromatic heterocycles. The van der Waals surface area contributed by atoms with Crippen LogP contribution in [0.2, 0.25) is 0 Å². The van der Waals surface area contributed by atoms with Gasteiger partial charge in [0.15, 0.2) is 0 Å². The molecule has 0 spiro atoms. The quantitative estimate of drug-likeness (QED) is 0.906. The van der Waals surface area contributed by atoms with Gasteiger partial charge >= 0.3 is 0 Å². The van der Waals surface area contributed by atoms with Crippen molar-refractivity contribution >= 4 is 0 Å². The van der Waals surface area contributed by atoms with E-state index in [1.54, 1.807) is 0 Å². The maximum absolute atomic E-state index is 6.49. The highest BCUT2D eigenvalue weighted by Gasteiger charge is 2.30. The summed E-state index contributed by atoms with van der Waals surface area (Å²) in [5.74, 6) is 1.37. The van der Waals surface area contributed by atoms with Crippen molar-refractivity contribution in [2.24, 2.45) is 11.7 Å². The Hall–Kier alpha value is -1.06. The highest BCUT2D eigenvalue weighted by Crippen LogP contribution is 2.37. The molecule has 1 aromatic rings. The number of fused-ring (bicyclic) bond motifs is 1. The van der Waals surface area contributed by atoms with Crippen molar-refractivity contribution in [1.29, 1.82) is 0 Å². The van der Waals surface area contributed by atoms with Crippen LogP contribution in [-0.2, 0) is 0 Å². The zero-order valence-electron chi connectivity index (χ0n) is 12.6. The molecule has 0 aliphatic carbocycles. The van der Waals surface area contributed by atoms with Crippen molar-refractivity contribution in [3.63, 3.8) is 0 Å². The lowest BCUT2D eigenvalue weighted by Crippen LogP contribution is -2.40. The molecule has 1 aliphatic heterocycles. The molecule has 2 rings (SSSR count). The number of benzene rings is 1. The van der Waals surface area contributed by atoms with E-state index in [1.807, 2.05) is 0 Å². The Morgan fingerprint density at radius 1 is 1.26 bits per heavy atom. The number of hydrogen-bond donors (Lipinski definition) is 1. The van der Waals surface area contributed by atoms with Crippen LogP contribution in [0.15, 0.2) is 12.1 Å². The van der Waals surface area contributed by atoms with Crippen molar-refractivity contribution in [2.45, 2.75) is 33.7 Å². The second kappa shape index (κ2) is 5.93. The van der Waals surface area contributed by atoms with Crippen LogP contribution in [0, 0.1) is 19.8 Å². The second-order valence-electron chi connectivity index (χ2n) is 5.58. The van der Waals surface area contributed by atoms with Crippen molar-refractivity contribution < 1.29 is 4.74 Å². The molecular formula is C16H26N2O. The molecule has 2 N–H and O–H groups in total. The van der Waals surface area contributed by atoms with Gasteiger partial charge in [0.05, 0.1) is 6.61 Å². The van der Waals surface area contributed by atoms with Crippen LogP contribution in [0.4, 0.5) is 0 Å². The summed E-state index contributed by atoms with van der Waals surface area (Å²) in [6.07, 6.45) is 0. The number of hydrogen-bond acceptors (Lipinski definition) is 3. The molecule has 0 bridgehead atoms. The van der Waals surface area contributed by atoms with E-state index in [-0.39, 0.29) is 6.04 Å². The SMILES string of the molecule is CCN(CC)CC1COc2cc(C)cc(C)c2C1N. The topological polar surface area (TPSA) is 38.5 Å².